The van der Waals surface area contributed by atoms with Gasteiger partial charge in [0.15, 0.2) is 0 Å². The summed E-state index contributed by atoms with van der Waals surface area (Å²) in [5, 5.41) is 3.19. The molecular formula is C15H30N2O. The van der Waals surface area contributed by atoms with Gasteiger partial charge in [-0.1, -0.05) is 46.0 Å². The molecule has 0 aliphatic heterocycles. The first-order valence-corrected chi connectivity index (χ1v) is 7.68. The van der Waals surface area contributed by atoms with Crippen LogP contribution in [0, 0.1) is 0 Å². The van der Waals surface area contributed by atoms with Gasteiger partial charge in [0.2, 0.25) is 5.91 Å². The Kier molecular flexibility index (Phi) is 6.69. The van der Waals surface area contributed by atoms with Gasteiger partial charge in [0.05, 0.1) is 0 Å². The number of nitrogens with two attached hydrogens (primary N) is 1. The lowest BCUT2D eigenvalue weighted by molar-refractivity contribution is -0.123. The van der Waals surface area contributed by atoms with E-state index in [0.29, 0.717) is 12.5 Å². The van der Waals surface area contributed by atoms with Crippen molar-refractivity contribution in [1.82, 2.24) is 5.32 Å². The van der Waals surface area contributed by atoms with Gasteiger partial charge in [-0.3, -0.25) is 4.79 Å². The van der Waals surface area contributed by atoms with E-state index in [1.54, 1.807) is 0 Å². The summed E-state index contributed by atoms with van der Waals surface area (Å²) in [4.78, 5) is 12.1. The maximum Gasteiger partial charge on any atom is 0.222 e. The Morgan fingerprint density at radius 2 is 1.89 bits per heavy atom. The fraction of sp³-hybridized carbons (Fsp3) is 0.933. The summed E-state index contributed by atoms with van der Waals surface area (Å²) < 4.78 is 0. The van der Waals surface area contributed by atoms with Gasteiger partial charge in [0.1, 0.15) is 0 Å². The average molecular weight is 254 g/mol. The summed E-state index contributed by atoms with van der Waals surface area (Å²) in [6, 6.07) is 0.354. The summed E-state index contributed by atoms with van der Waals surface area (Å²) in [6.07, 6.45) is 10.6. The van der Waals surface area contributed by atoms with E-state index < -0.39 is 0 Å². The topological polar surface area (TPSA) is 55.1 Å². The molecule has 0 spiro atoms. The van der Waals surface area contributed by atoms with Crippen LogP contribution in [0.2, 0.25) is 0 Å². The zero-order chi connectivity index (χ0) is 13.4. The molecular weight excluding hydrogens is 224 g/mol. The monoisotopic (exact) mass is 254 g/mol. The molecule has 106 valence electrons. The normalized spacial score (nSPS) is 19.7. The molecule has 1 amide bonds. The summed E-state index contributed by atoms with van der Waals surface area (Å²) in [5.41, 5.74) is 6.03. The molecule has 1 saturated carbocycles. The second-order valence-electron chi connectivity index (χ2n) is 5.94. The molecule has 1 rings (SSSR count). The van der Waals surface area contributed by atoms with E-state index in [9.17, 15) is 4.79 Å². The van der Waals surface area contributed by atoms with Crippen molar-refractivity contribution in [3.05, 3.63) is 0 Å². The molecule has 0 heterocycles. The lowest BCUT2D eigenvalue weighted by atomic mass is 9.94. The van der Waals surface area contributed by atoms with Gasteiger partial charge in [0.25, 0.3) is 0 Å². The van der Waals surface area contributed by atoms with E-state index in [-0.39, 0.29) is 11.4 Å². The van der Waals surface area contributed by atoms with E-state index in [2.05, 4.69) is 19.2 Å². The summed E-state index contributed by atoms with van der Waals surface area (Å²) in [6.45, 7) is 4.37. The highest BCUT2D eigenvalue weighted by Gasteiger charge is 2.32. The highest BCUT2D eigenvalue weighted by Crippen LogP contribution is 2.29. The van der Waals surface area contributed by atoms with Gasteiger partial charge in [0, 0.05) is 18.0 Å². The van der Waals surface area contributed by atoms with E-state index in [0.717, 1.165) is 32.1 Å². The SMILES string of the molecule is CCCCC(CCC)NC(=O)CC1(N)CCCC1. The molecule has 0 aromatic rings. The van der Waals surface area contributed by atoms with Gasteiger partial charge in [-0.05, 0) is 25.7 Å². The van der Waals surface area contributed by atoms with Crippen molar-refractivity contribution in [2.75, 3.05) is 0 Å². The molecule has 0 radical (unpaired) electrons. The van der Waals surface area contributed by atoms with Crippen molar-refractivity contribution >= 4 is 5.91 Å². The molecule has 3 nitrogen and oxygen atoms in total. The zero-order valence-corrected chi connectivity index (χ0v) is 12.1. The van der Waals surface area contributed by atoms with Crippen molar-refractivity contribution in [2.24, 2.45) is 5.73 Å². The number of hydrogen-bond donors (Lipinski definition) is 2. The molecule has 1 aliphatic rings. The van der Waals surface area contributed by atoms with Crippen LogP contribution in [0.15, 0.2) is 0 Å². The van der Waals surface area contributed by atoms with Crippen LogP contribution in [0.4, 0.5) is 0 Å². The van der Waals surface area contributed by atoms with Crippen molar-refractivity contribution in [2.45, 2.75) is 89.6 Å². The number of hydrogen-bond acceptors (Lipinski definition) is 2. The van der Waals surface area contributed by atoms with Crippen LogP contribution in [0.1, 0.15) is 78.1 Å². The Labute approximate surface area is 112 Å². The first-order chi connectivity index (χ1) is 8.59. The van der Waals surface area contributed by atoms with E-state index >= 15 is 0 Å². The lowest BCUT2D eigenvalue weighted by Gasteiger charge is -2.25. The van der Waals surface area contributed by atoms with Gasteiger partial charge < -0.3 is 11.1 Å². The van der Waals surface area contributed by atoms with Crippen LogP contribution in [-0.2, 0) is 4.79 Å². The summed E-state index contributed by atoms with van der Waals surface area (Å²) in [7, 11) is 0. The van der Waals surface area contributed by atoms with Gasteiger partial charge >= 0.3 is 0 Å². The number of amides is 1. The van der Waals surface area contributed by atoms with Gasteiger partial charge in [-0.25, -0.2) is 0 Å². The highest BCUT2D eigenvalue weighted by molar-refractivity contribution is 5.77. The summed E-state index contributed by atoms with van der Waals surface area (Å²) in [5.74, 6) is 0.161. The fourth-order valence-corrected chi connectivity index (χ4v) is 2.94. The molecule has 1 unspecified atom stereocenters. The Morgan fingerprint density at radius 3 is 2.44 bits per heavy atom. The minimum Gasteiger partial charge on any atom is -0.353 e. The molecule has 1 aliphatic carbocycles. The molecule has 0 saturated heterocycles. The van der Waals surface area contributed by atoms with Crippen molar-refractivity contribution < 1.29 is 4.79 Å². The smallest absolute Gasteiger partial charge is 0.222 e. The second-order valence-corrected chi connectivity index (χ2v) is 5.94. The number of rotatable bonds is 8. The molecule has 1 fully saturated rings. The molecule has 0 aromatic carbocycles. The minimum atomic E-state index is -0.217. The molecule has 0 aromatic heterocycles. The highest BCUT2D eigenvalue weighted by atomic mass is 16.1. The van der Waals surface area contributed by atoms with Crippen LogP contribution in [-0.4, -0.2) is 17.5 Å². The Bertz CT molecular complexity index is 247. The predicted octanol–water partition coefficient (Wildman–Crippen LogP) is 3.12. The van der Waals surface area contributed by atoms with E-state index in [1.165, 1.54) is 25.7 Å². The number of carbonyl (C=O) groups excluding carboxylic acids is 1. The first-order valence-electron chi connectivity index (χ1n) is 7.68. The molecule has 3 heteroatoms. The van der Waals surface area contributed by atoms with Crippen LogP contribution in [0.25, 0.3) is 0 Å². The zero-order valence-electron chi connectivity index (χ0n) is 12.1. The van der Waals surface area contributed by atoms with Crippen LogP contribution < -0.4 is 11.1 Å². The fourth-order valence-electron chi connectivity index (χ4n) is 2.94. The Morgan fingerprint density at radius 1 is 1.22 bits per heavy atom. The third-order valence-corrected chi connectivity index (χ3v) is 4.02. The van der Waals surface area contributed by atoms with Gasteiger partial charge in [-0.2, -0.15) is 0 Å². The molecule has 3 N–H and O–H groups in total. The maximum absolute atomic E-state index is 12.1. The maximum atomic E-state index is 12.1. The number of nitrogens with one attached hydrogen (secondary N) is 1. The predicted molar refractivity (Wildman–Crippen MR) is 76.4 cm³/mol. The van der Waals surface area contributed by atoms with Gasteiger partial charge in [-0.15, -0.1) is 0 Å². The number of carbonyl (C=O) groups is 1. The number of unbranched alkanes of at least 4 members (excludes halogenated alkanes) is 1. The standard InChI is InChI=1S/C15H30N2O/c1-3-5-9-13(8-4-2)17-14(18)12-15(16)10-6-7-11-15/h13H,3-12,16H2,1-2H3,(H,17,18). The minimum absolute atomic E-state index is 0.161. The lowest BCUT2D eigenvalue weighted by Crippen LogP contribution is -2.44. The van der Waals surface area contributed by atoms with Crippen LogP contribution >= 0.6 is 0 Å². The Hall–Kier alpha value is -0.570. The van der Waals surface area contributed by atoms with Crippen LogP contribution in [0.3, 0.4) is 0 Å². The third kappa shape index (κ3) is 5.38. The van der Waals surface area contributed by atoms with Crippen molar-refractivity contribution in [1.29, 1.82) is 0 Å². The van der Waals surface area contributed by atoms with E-state index in [4.69, 9.17) is 5.73 Å². The summed E-state index contributed by atoms with van der Waals surface area (Å²) >= 11 is 0. The first kappa shape index (κ1) is 15.5. The third-order valence-electron chi connectivity index (χ3n) is 4.02. The molecule has 18 heavy (non-hydrogen) atoms. The second kappa shape index (κ2) is 7.78. The molecule has 1 atom stereocenters. The van der Waals surface area contributed by atoms with Crippen molar-refractivity contribution in [3.63, 3.8) is 0 Å². The van der Waals surface area contributed by atoms with E-state index in [1.807, 2.05) is 0 Å². The largest absolute Gasteiger partial charge is 0.353 e. The average Bonchev–Trinajstić information content (AvgIpc) is 2.72. The van der Waals surface area contributed by atoms with Crippen LogP contribution in [0.5, 0.6) is 0 Å². The molecule has 0 bridgehead atoms. The quantitative estimate of drug-likeness (QED) is 0.699. The van der Waals surface area contributed by atoms with Crippen molar-refractivity contribution in [3.8, 4) is 0 Å². The Balaban J connectivity index is 2.35.